The Morgan fingerprint density at radius 3 is 1.90 bits per heavy atom. The molecule has 0 radical (unpaired) electrons. The Balaban J connectivity index is 1.46. The van der Waals surface area contributed by atoms with Crippen molar-refractivity contribution in [3.05, 3.63) is 133 Å². The molecule has 5 aromatic carbocycles. The zero-order valence-corrected chi connectivity index (χ0v) is 20.9. The molecule has 2 heterocycles. The molecule has 39 heavy (non-hydrogen) atoms. The van der Waals surface area contributed by atoms with Crippen molar-refractivity contribution in [2.75, 3.05) is 0 Å². The van der Waals surface area contributed by atoms with Crippen LogP contribution in [0.5, 0.6) is 0 Å². The van der Waals surface area contributed by atoms with Crippen LogP contribution in [0.15, 0.2) is 132 Å². The van der Waals surface area contributed by atoms with Gasteiger partial charge >= 0.3 is 0 Å². The highest BCUT2D eigenvalue weighted by Crippen LogP contribution is 2.38. The molecule has 0 bridgehead atoms. The van der Waals surface area contributed by atoms with Crippen molar-refractivity contribution in [2.45, 2.75) is 0 Å². The number of nitrogens with zero attached hydrogens (tertiary/aromatic N) is 3. The second-order valence-corrected chi connectivity index (χ2v) is 9.32. The number of nitriles is 1. The van der Waals surface area contributed by atoms with E-state index in [-0.39, 0.29) is 0 Å². The van der Waals surface area contributed by atoms with Crippen molar-refractivity contribution in [1.29, 1.82) is 5.26 Å². The Morgan fingerprint density at radius 1 is 0.538 bits per heavy atom. The molecule has 0 N–H and O–H groups in total. The molecule has 7 rings (SSSR count). The Bertz CT molecular complexity index is 2020. The lowest BCUT2D eigenvalue weighted by Gasteiger charge is -2.13. The first-order valence-electron chi connectivity index (χ1n) is 12.7. The molecule has 182 valence electrons. The third kappa shape index (κ3) is 3.94. The monoisotopic (exact) mass is 499 g/mol. The molecule has 0 atom stereocenters. The van der Waals surface area contributed by atoms with E-state index < -0.39 is 0 Å². The molecule has 4 nitrogen and oxygen atoms in total. The Morgan fingerprint density at radius 2 is 1.13 bits per heavy atom. The summed E-state index contributed by atoms with van der Waals surface area (Å²) in [5.41, 5.74) is 7.95. The van der Waals surface area contributed by atoms with Crippen LogP contribution in [0.2, 0.25) is 0 Å². The molecule has 0 aliphatic rings. The lowest BCUT2D eigenvalue weighted by molar-refractivity contribution is 0.670. The standard InChI is InChI=1S/C35H21N3O/c36-22-30-32(23-11-3-1-4-12-23)37-35(24-13-5-2-6-14-24)38-33(30)26-16-9-15-25(21-26)27-18-10-19-29-28-17-7-8-20-31(28)39-34(27)29/h1-21H. The highest BCUT2D eigenvalue weighted by atomic mass is 16.3. The number of hydrogen-bond donors (Lipinski definition) is 0. The summed E-state index contributed by atoms with van der Waals surface area (Å²) in [4.78, 5) is 9.81. The predicted molar refractivity (Wildman–Crippen MR) is 156 cm³/mol. The van der Waals surface area contributed by atoms with Gasteiger partial charge in [-0.15, -0.1) is 0 Å². The maximum Gasteiger partial charge on any atom is 0.160 e. The summed E-state index contributed by atoms with van der Waals surface area (Å²) in [6.07, 6.45) is 0. The minimum atomic E-state index is 0.444. The molecule has 0 saturated heterocycles. The molecule has 0 fully saturated rings. The van der Waals surface area contributed by atoms with E-state index >= 15 is 0 Å². The molecule has 0 saturated carbocycles. The van der Waals surface area contributed by atoms with Crippen molar-refractivity contribution in [1.82, 2.24) is 9.97 Å². The summed E-state index contributed by atoms with van der Waals surface area (Å²) in [5, 5.41) is 12.5. The third-order valence-electron chi connectivity index (χ3n) is 6.95. The summed E-state index contributed by atoms with van der Waals surface area (Å²) in [6.45, 7) is 0. The maximum absolute atomic E-state index is 10.3. The smallest absolute Gasteiger partial charge is 0.160 e. The zero-order valence-electron chi connectivity index (χ0n) is 20.9. The van der Waals surface area contributed by atoms with Gasteiger partial charge in [0.1, 0.15) is 22.8 Å². The Hall–Kier alpha value is -5.53. The van der Waals surface area contributed by atoms with Gasteiger partial charge in [0.05, 0.1) is 11.4 Å². The second-order valence-electron chi connectivity index (χ2n) is 9.32. The molecule has 0 unspecified atom stereocenters. The van der Waals surface area contributed by atoms with E-state index in [0.29, 0.717) is 22.8 Å². The quantitative estimate of drug-likeness (QED) is 0.242. The summed E-state index contributed by atoms with van der Waals surface area (Å²) in [5.74, 6) is 0.577. The van der Waals surface area contributed by atoms with Crippen molar-refractivity contribution in [3.63, 3.8) is 0 Å². The van der Waals surface area contributed by atoms with E-state index in [9.17, 15) is 5.26 Å². The van der Waals surface area contributed by atoms with Gasteiger partial charge in [0.25, 0.3) is 0 Å². The summed E-state index contributed by atoms with van der Waals surface area (Å²) in [6, 6.07) is 44.5. The van der Waals surface area contributed by atoms with Gasteiger partial charge in [0.15, 0.2) is 5.82 Å². The minimum absolute atomic E-state index is 0.444. The summed E-state index contributed by atoms with van der Waals surface area (Å²) in [7, 11) is 0. The highest BCUT2D eigenvalue weighted by molar-refractivity contribution is 6.09. The topological polar surface area (TPSA) is 62.7 Å². The Kier molecular flexibility index (Phi) is 5.46. The third-order valence-corrected chi connectivity index (χ3v) is 6.95. The predicted octanol–water partition coefficient (Wildman–Crippen LogP) is 8.92. The molecular weight excluding hydrogens is 478 g/mol. The van der Waals surface area contributed by atoms with Crippen LogP contribution in [0.3, 0.4) is 0 Å². The average Bonchev–Trinajstić information content (AvgIpc) is 3.40. The molecule has 0 aliphatic heterocycles. The number of para-hydroxylation sites is 2. The van der Waals surface area contributed by atoms with Crippen molar-refractivity contribution in [2.24, 2.45) is 0 Å². The SMILES string of the molecule is N#Cc1c(-c2ccccc2)nc(-c2ccccc2)nc1-c1cccc(-c2cccc3c2oc2ccccc23)c1. The normalized spacial score (nSPS) is 11.1. The lowest BCUT2D eigenvalue weighted by Crippen LogP contribution is -2.01. The van der Waals surface area contributed by atoms with Gasteiger partial charge in [-0.05, 0) is 17.7 Å². The van der Waals surface area contributed by atoms with Gasteiger partial charge in [0.2, 0.25) is 0 Å². The first-order valence-corrected chi connectivity index (χ1v) is 12.7. The van der Waals surface area contributed by atoms with Crippen LogP contribution in [-0.2, 0) is 0 Å². The first kappa shape index (κ1) is 22.7. The van der Waals surface area contributed by atoms with Crippen LogP contribution in [0.1, 0.15) is 5.56 Å². The number of benzene rings is 5. The molecule has 0 aliphatic carbocycles. The van der Waals surface area contributed by atoms with E-state index in [1.165, 1.54) is 0 Å². The van der Waals surface area contributed by atoms with Crippen molar-refractivity contribution in [3.8, 4) is 51.1 Å². The van der Waals surface area contributed by atoms with Crippen molar-refractivity contribution >= 4 is 21.9 Å². The van der Waals surface area contributed by atoms with Gasteiger partial charge in [-0.25, -0.2) is 9.97 Å². The van der Waals surface area contributed by atoms with Crippen LogP contribution in [0, 0.1) is 11.3 Å². The summed E-state index contributed by atoms with van der Waals surface area (Å²) < 4.78 is 6.30. The van der Waals surface area contributed by atoms with E-state index in [1.54, 1.807) is 0 Å². The zero-order chi connectivity index (χ0) is 26.2. The van der Waals surface area contributed by atoms with E-state index in [1.807, 2.05) is 91.0 Å². The number of hydrogen-bond acceptors (Lipinski definition) is 4. The van der Waals surface area contributed by atoms with Gasteiger partial charge in [-0.1, -0.05) is 115 Å². The van der Waals surface area contributed by atoms with Gasteiger partial charge < -0.3 is 4.42 Å². The Labute approximate surface area is 225 Å². The molecule has 4 heteroatoms. The molecule has 0 spiro atoms. The molecular formula is C35H21N3O. The van der Waals surface area contributed by atoms with Gasteiger partial charge in [-0.3, -0.25) is 0 Å². The van der Waals surface area contributed by atoms with Gasteiger partial charge in [-0.2, -0.15) is 5.26 Å². The fourth-order valence-corrected chi connectivity index (χ4v) is 5.11. The number of rotatable bonds is 4. The van der Waals surface area contributed by atoms with Gasteiger partial charge in [0, 0.05) is 33.0 Å². The van der Waals surface area contributed by atoms with Crippen LogP contribution in [-0.4, -0.2) is 9.97 Å². The molecule has 0 amide bonds. The van der Waals surface area contributed by atoms with E-state index in [0.717, 1.165) is 49.8 Å². The number of fused-ring (bicyclic) bond motifs is 3. The molecule has 2 aromatic heterocycles. The number of furan rings is 1. The van der Waals surface area contributed by atoms with E-state index in [2.05, 4.69) is 42.5 Å². The van der Waals surface area contributed by atoms with Crippen LogP contribution >= 0.6 is 0 Å². The fourth-order valence-electron chi connectivity index (χ4n) is 5.11. The second kappa shape index (κ2) is 9.41. The van der Waals surface area contributed by atoms with Crippen molar-refractivity contribution < 1.29 is 4.42 Å². The molecule has 7 aromatic rings. The highest BCUT2D eigenvalue weighted by Gasteiger charge is 2.19. The van der Waals surface area contributed by atoms with Crippen LogP contribution in [0.25, 0.3) is 67.0 Å². The maximum atomic E-state index is 10.3. The van der Waals surface area contributed by atoms with E-state index in [4.69, 9.17) is 14.4 Å². The average molecular weight is 500 g/mol. The van der Waals surface area contributed by atoms with Crippen LogP contribution < -0.4 is 0 Å². The fraction of sp³-hybridized carbons (Fsp3) is 0. The number of aromatic nitrogens is 2. The first-order chi connectivity index (χ1) is 19.3. The lowest BCUT2D eigenvalue weighted by atomic mass is 9.96. The largest absolute Gasteiger partial charge is 0.455 e. The minimum Gasteiger partial charge on any atom is -0.455 e. The summed E-state index contributed by atoms with van der Waals surface area (Å²) >= 11 is 0. The van der Waals surface area contributed by atoms with Crippen LogP contribution in [0.4, 0.5) is 0 Å².